The van der Waals surface area contributed by atoms with Crippen LogP contribution in [-0.4, -0.2) is 24.0 Å². The number of halogens is 4. The van der Waals surface area contributed by atoms with Gasteiger partial charge < -0.3 is 10.5 Å². The van der Waals surface area contributed by atoms with Crippen LogP contribution in [0.2, 0.25) is 0 Å². The van der Waals surface area contributed by atoms with Crippen LogP contribution in [-0.2, 0) is 4.74 Å². The molecule has 0 aromatic carbocycles. The van der Waals surface area contributed by atoms with Gasteiger partial charge in [-0.1, -0.05) is 32.3 Å². The van der Waals surface area contributed by atoms with Gasteiger partial charge in [-0.3, -0.25) is 0 Å². The van der Waals surface area contributed by atoms with Crippen molar-refractivity contribution in [2.75, 3.05) is 0 Å². The van der Waals surface area contributed by atoms with Crippen LogP contribution in [0.4, 0.5) is 17.6 Å². The molecule has 2 rings (SSSR count). The highest BCUT2D eigenvalue weighted by atomic mass is 19.3. The summed E-state index contributed by atoms with van der Waals surface area (Å²) < 4.78 is 59.3. The van der Waals surface area contributed by atoms with Crippen LogP contribution in [0.1, 0.15) is 71.6 Å². The Labute approximate surface area is 153 Å². The lowest BCUT2D eigenvalue weighted by Gasteiger charge is -2.41. The summed E-state index contributed by atoms with van der Waals surface area (Å²) in [6.45, 7) is 3.00. The van der Waals surface area contributed by atoms with Gasteiger partial charge in [-0.25, -0.2) is 17.6 Å². The molecule has 6 heteroatoms. The summed E-state index contributed by atoms with van der Waals surface area (Å²) in [5.74, 6) is -5.07. The van der Waals surface area contributed by atoms with Crippen LogP contribution in [0.15, 0.2) is 23.5 Å². The van der Waals surface area contributed by atoms with Gasteiger partial charge >= 0.3 is 0 Å². The second kappa shape index (κ2) is 8.77. The molecule has 2 atom stereocenters. The molecule has 0 radical (unpaired) electrons. The van der Waals surface area contributed by atoms with Gasteiger partial charge in [0.2, 0.25) is 5.92 Å². The molecule has 0 spiro atoms. The normalized spacial score (nSPS) is 22.9. The zero-order valence-corrected chi connectivity index (χ0v) is 15.7. The van der Waals surface area contributed by atoms with E-state index in [4.69, 9.17) is 10.5 Å². The Hall–Kier alpha value is -1.04. The highest BCUT2D eigenvalue weighted by Gasteiger charge is 2.49. The molecule has 2 aliphatic rings. The van der Waals surface area contributed by atoms with Crippen molar-refractivity contribution in [3.63, 3.8) is 0 Å². The number of hydrogen-bond acceptors (Lipinski definition) is 2. The Morgan fingerprint density at radius 3 is 2.42 bits per heavy atom. The minimum atomic E-state index is -2.83. The summed E-state index contributed by atoms with van der Waals surface area (Å²) in [5, 5.41) is 0. The summed E-state index contributed by atoms with van der Waals surface area (Å²) in [4.78, 5) is 0. The average molecular weight is 377 g/mol. The smallest absolute Gasteiger partial charge is 0.266 e. The number of rotatable bonds is 10. The van der Waals surface area contributed by atoms with Gasteiger partial charge in [-0.2, -0.15) is 0 Å². The fourth-order valence-electron chi connectivity index (χ4n) is 3.66. The third kappa shape index (κ3) is 6.29. The quantitative estimate of drug-likeness (QED) is 0.376. The first kappa shape index (κ1) is 21.3. The van der Waals surface area contributed by atoms with Crippen molar-refractivity contribution < 1.29 is 22.3 Å². The predicted octanol–water partition coefficient (Wildman–Crippen LogP) is 5.97. The van der Waals surface area contributed by atoms with Crippen LogP contribution < -0.4 is 5.73 Å². The van der Waals surface area contributed by atoms with E-state index in [1.807, 2.05) is 0 Å². The third-order valence-corrected chi connectivity index (χ3v) is 5.34. The molecule has 0 saturated heterocycles. The molecule has 2 aliphatic carbocycles. The van der Waals surface area contributed by atoms with Gasteiger partial charge in [0.25, 0.3) is 5.92 Å². The van der Waals surface area contributed by atoms with E-state index < -0.39 is 11.8 Å². The summed E-state index contributed by atoms with van der Waals surface area (Å²) in [6, 6.07) is -0.0870. The van der Waals surface area contributed by atoms with Crippen LogP contribution >= 0.6 is 0 Å². The average Bonchev–Trinajstić information content (AvgIpc) is 2.52. The first-order chi connectivity index (χ1) is 12.1. The Morgan fingerprint density at radius 1 is 1.23 bits per heavy atom. The van der Waals surface area contributed by atoms with Crippen molar-refractivity contribution in [1.29, 1.82) is 0 Å². The molecule has 0 aromatic rings. The topological polar surface area (TPSA) is 35.2 Å². The molecule has 0 aliphatic heterocycles. The van der Waals surface area contributed by atoms with Crippen molar-refractivity contribution in [1.82, 2.24) is 0 Å². The molecule has 1 fully saturated rings. The van der Waals surface area contributed by atoms with Crippen LogP contribution in [0.25, 0.3) is 0 Å². The number of ether oxygens (including phenoxy) is 1. The molecule has 26 heavy (non-hydrogen) atoms. The molecular formula is C20H31F4NO. The highest BCUT2D eigenvalue weighted by molar-refractivity contribution is 5.25. The molecule has 0 amide bonds. The van der Waals surface area contributed by atoms with Gasteiger partial charge in [-0.05, 0) is 30.9 Å². The van der Waals surface area contributed by atoms with E-state index in [1.54, 1.807) is 6.08 Å². The molecule has 0 bridgehead atoms. The van der Waals surface area contributed by atoms with Gasteiger partial charge in [0.15, 0.2) is 0 Å². The monoisotopic (exact) mass is 377 g/mol. The minimum absolute atomic E-state index is 0.0767. The molecule has 1 unspecified atom stereocenters. The Balaban J connectivity index is 1.96. The van der Waals surface area contributed by atoms with E-state index in [2.05, 4.69) is 6.92 Å². The van der Waals surface area contributed by atoms with Crippen molar-refractivity contribution in [3.8, 4) is 0 Å². The molecule has 2 N–H and O–H groups in total. The Bertz CT molecular complexity index is 516. The fraction of sp³-hybridized carbons (Fsp3) is 0.800. The minimum Gasteiger partial charge on any atom is -0.494 e. The van der Waals surface area contributed by atoms with Gasteiger partial charge in [-0.15, -0.1) is 0 Å². The van der Waals surface area contributed by atoms with Gasteiger partial charge in [0.1, 0.15) is 6.10 Å². The first-order valence-corrected chi connectivity index (χ1v) is 9.69. The summed E-state index contributed by atoms with van der Waals surface area (Å²) in [5.41, 5.74) is 6.26. The van der Waals surface area contributed by atoms with E-state index in [-0.39, 0.29) is 42.9 Å². The fourth-order valence-corrected chi connectivity index (χ4v) is 3.66. The summed E-state index contributed by atoms with van der Waals surface area (Å²) >= 11 is 0. The summed E-state index contributed by atoms with van der Waals surface area (Å²) in [6.07, 6.45) is 7.43. The van der Waals surface area contributed by atoms with Crippen LogP contribution in [0.3, 0.4) is 0 Å². The van der Waals surface area contributed by atoms with Gasteiger partial charge in [0.05, 0.1) is 5.76 Å². The predicted molar refractivity (Wildman–Crippen MR) is 95.3 cm³/mol. The third-order valence-electron chi connectivity index (χ3n) is 5.34. The first-order valence-electron chi connectivity index (χ1n) is 9.69. The zero-order chi connectivity index (χ0) is 19.4. The largest absolute Gasteiger partial charge is 0.494 e. The molecule has 0 heterocycles. The Morgan fingerprint density at radius 2 is 1.92 bits per heavy atom. The van der Waals surface area contributed by atoms with Crippen LogP contribution in [0.5, 0.6) is 0 Å². The maximum absolute atomic E-state index is 13.4. The number of hydrogen-bond donors (Lipinski definition) is 1. The second-order valence-electron chi connectivity index (χ2n) is 7.89. The molecule has 2 nitrogen and oxygen atoms in total. The van der Waals surface area contributed by atoms with E-state index in [9.17, 15) is 17.6 Å². The van der Waals surface area contributed by atoms with Crippen molar-refractivity contribution >= 4 is 0 Å². The summed E-state index contributed by atoms with van der Waals surface area (Å²) in [7, 11) is 0. The molecule has 0 aromatic heterocycles. The van der Waals surface area contributed by atoms with Crippen LogP contribution in [0, 0.1) is 5.92 Å². The van der Waals surface area contributed by atoms with E-state index in [0.717, 1.165) is 32.6 Å². The van der Waals surface area contributed by atoms with E-state index >= 15 is 0 Å². The van der Waals surface area contributed by atoms with Gasteiger partial charge in [0, 0.05) is 38.1 Å². The number of nitrogens with two attached hydrogens (primary N) is 1. The number of unbranched alkanes of at least 4 members (excludes halogenated alkanes) is 2. The maximum Gasteiger partial charge on any atom is 0.266 e. The standard InChI is InChI=1S/C20H31F4NO/c1-3-4-5-6-16(25)11-18(14-12-20(23,24)13-14)26-17-9-7-15(8-10-17)19(2,21)22/h7,9,14,16,18H,3-6,8,10-13,25H2,1-2H3/t16?,18-/m1/s1. The maximum atomic E-state index is 13.4. The number of allylic oxidation sites excluding steroid dienone is 4. The van der Waals surface area contributed by atoms with E-state index in [1.165, 1.54) is 6.08 Å². The highest BCUT2D eigenvalue weighted by Crippen LogP contribution is 2.46. The lowest BCUT2D eigenvalue weighted by atomic mass is 9.75. The van der Waals surface area contributed by atoms with Crippen molar-refractivity contribution in [2.45, 2.75) is 95.6 Å². The lowest BCUT2D eigenvalue weighted by molar-refractivity contribution is -0.147. The SMILES string of the molecule is CCCCCC(N)C[C@@H](OC1=CC=C(C(C)(F)F)CC1)C1CC(F)(F)C1. The Kier molecular flexibility index (Phi) is 7.17. The second-order valence-corrected chi connectivity index (χ2v) is 7.89. The van der Waals surface area contributed by atoms with E-state index in [0.29, 0.717) is 18.6 Å². The molecule has 1 saturated carbocycles. The lowest BCUT2D eigenvalue weighted by Crippen LogP contribution is -2.45. The zero-order valence-electron chi connectivity index (χ0n) is 15.7. The molecular weight excluding hydrogens is 346 g/mol. The van der Waals surface area contributed by atoms with Crippen molar-refractivity contribution in [3.05, 3.63) is 23.5 Å². The number of alkyl halides is 4. The van der Waals surface area contributed by atoms with Crippen molar-refractivity contribution in [2.24, 2.45) is 11.7 Å². The molecule has 150 valence electrons.